The molecule has 0 N–H and O–H groups in total. The van der Waals surface area contributed by atoms with E-state index < -0.39 is 4.92 Å². The largest absolute Gasteiger partial charge is 0.497 e. The van der Waals surface area contributed by atoms with E-state index in [1.54, 1.807) is 14.2 Å². The summed E-state index contributed by atoms with van der Waals surface area (Å²) in [7, 11) is 3.29. The fraction of sp³-hybridized carbons (Fsp3) is 0.227. The highest BCUT2D eigenvalue weighted by Crippen LogP contribution is 2.27. The average Bonchev–Trinajstić information content (AvgIpc) is 2.73. The molecule has 0 fully saturated rings. The van der Waals surface area contributed by atoms with E-state index >= 15 is 0 Å². The Labute approximate surface area is 173 Å². The van der Waals surface area contributed by atoms with Crippen molar-refractivity contribution in [2.45, 2.75) is 19.4 Å². The summed E-state index contributed by atoms with van der Waals surface area (Å²) in [5.41, 5.74) is 1.38. The lowest BCUT2D eigenvalue weighted by Gasteiger charge is -2.22. The number of carbonyl (C=O) groups excluding carboxylic acids is 1. The highest BCUT2D eigenvalue weighted by atomic mass is 35.5. The van der Waals surface area contributed by atoms with Crippen LogP contribution in [0, 0.1) is 10.1 Å². The van der Waals surface area contributed by atoms with E-state index in [9.17, 15) is 14.9 Å². The van der Waals surface area contributed by atoms with Crippen LogP contribution in [0.15, 0.2) is 54.6 Å². The van der Waals surface area contributed by atoms with Crippen LogP contribution < -0.4 is 4.74 Å². The van der Waals surface area contributed by atoms with E-state index in [2.05, 4.69) is 0 Å². The van der Waals surface area contributed by atoms with E-state index in [4.69, 9.17) is 16.3 Å². The molecule has 3 aromatic rings. The van der Waals surface area contributed by atoms with Crippen LogP contribution in [0.3, 0.4) is 0 Å². The number of rotatable bonds is 6. The SMILES string of the molecule is COc1ccc2cc(C(C)C(=O)N(C)Cc3cc([N+](=O)[O-])ccc3Cl)ccc2c1. The number of fused-ring (bicyclic) bond motifs is 1. The minimum atomic E-state index is -0.478. The Morgan fingerprint density at radius 3 is 2.52 bits per heavy atom. The first kappa shape index (κ1) is 20.6. The molecule has 0 spiro atoms. The van der Waals surface area contributed by atoms with Crippen LogP contribution in [0.5, 0.6) is 5.75 Å². The Kier molecular flexibility index (Phi) is 6.03. The first-order chi connectivity index (χ1) is 13.8. The Balaban J connectivity index is 1.80. The second-order valence-electron chi connectivity index (χ2n) is 6.92. The number of benzene rings is 3. The Hall–Kier alpha value is -3.12. The normalized spacial score (nSPS) is 11.9. The Morgan fingerprint density at radius 1 is 1.14 bits per heavy atom. The molecule has 0 aliphatic rings. The number of nitro benzene ring substituents is 1. The number of nitro groups is 1. The summed E-state index contributed by atoms with van der Waals surface area (Å²) in [5.74, 6) is 0.312. The molecule has 0 aliphatic carbocycles. The number of methoxy groups -OCH3 is 1. The lowest BCUT2D eigenvalue weighted by Crippen LogP contribution is -2.30. The fourth-order valence-electron chi connectivity index (χ4n) is 3.24. The molecule has 0 heterocycles. The van der Waals surface area contributed by atoms with Gasteiger partial charge in [0.25, 0.3) is 5.69 Å². The number of carbonyl (C=O) groups is 1. The number of non-ortho nitro benzene ring substituents is 1. The molecular formula is C22H21ClN2O4. The van der Waals surface area contributed by atoms with Crippen molar-refractivity contribution in [3.63, 3.8) is 0 Å². The molecule has 7 heteroatoms. The van der Waals surface area contributed by atoms with Gasteiger partial charge in [-0.2, -0.15) is 0 Å². The van der Waals surface area contributed by atoms with Gasteiger partial charge in [0.15, 0.2) is 0 Å². The summed E-state index contributed by atoms with van der Waals surface area (Å²) in [4.78, 5) is 25.0. The van der Waals surface area contributed by atoms with Crippen molar-refractivity contribution in [1.29, 1.82) is 0 Å². The third-order valence-electron chi connectivity index (χ3n) is 4.97. The summed E-state index contributed by atoms with van der Waals surface area (Å²) >= 11 is 6.17. The molecule has 1 unspecified atom stereocenters. The number of hydrogen-bond acceptors (Lipinski definition) is 4. The van der Waals surface area contributed by atoms with Crippen molar-refractivity contribution in [3.05, 3.63) is 80.9 Å². The van der Waals surface area contributed by atoms with Gasteiger partial charge in [0.05, 0.1) is 18.0 Å². The third kappa shape index (κ3) is 4.49. The van der Waals surface area contributed by atoms with Gasteiger partial charge in [-0.25, -0.2) is 0 Å². The summed E-state index contributed by atoms with van der Waals surface area (Å²) in [6.07, 6.45) is 0. The molecule has 0 bridgehead atoms. The topological polar surface area (TPSA) is 72.7 Å². The molecule has 0 saturated carbocycles. The molecule has 0 aromatic heterocycles. The summed E-state index contributed by atoms with van der Waals surface area (Å²) in [6, 6.07) is 15.9. The highest BCUT2D eigenvalue weighted by molar-refractivity contribution is 6.31. The molecule has 150 valence electrons. The van der Waals surface area contributed by atoms with Crippen LogP contribution in [0.2, 0.25) is 5.02 Å². The zero-order chi connectivity index (χ0) is 21.1. The van der Waals surface area contributed by atoms with E-state index in [1.165, 1.54) is 23.1 Å². The predicted molar refractivity (Wildman–Crippen MR) is 113 cm³/mol. The molecular weight excluding hydrogens is 392 g/mol. The van der Waals surface area contributed by atoms with Crippen molar-refractivity contribution in [2.24, 2.45) is 0 Å². The molecule has 1 amide bonds. The Morgan fingerprint density at radius 2 is 1.83 bits per heavy atom. The van der Waals surface area contributed by atoms with Gasteiger partial charge < -0.3 is 9.64 Å². The predicted octanol–water partition coefficient (Wildman–Crippen LogP) is 5.17. The van der Waals surface area contributed by atoms with Crippen molar-refractivity contribution < 1.29 is 14.5 Å². The van der Waals surface area contributed by atoms with Crippen LogP contribution in [-0.4, -0.2) is 29.9 Å². The van der Waals surface area contributed by atoms with Crippen LogP contribution in [0.4, 0.5) is 5.69 Å². The van der Waals surface area contributed by atoms with Gasteiger partial charge in [-0.3, -0.25) is 14.9 Å². The molecule has 0 aliphatic heterocycles. The molecule has 29 heavy (non-hydrogen) atoms. The van der Waals surface area contributed by atoms with Gasteiger partial charge in [-0.15, -0.1) is 0 Å². The fourth-order valence-corrected chi connectivity index (χ4v) is 3.42. The van der Waals surface area contributed by atoms with Gasteiger partial charge in [0, 0.05) is 30.7 Å². The molecule has 0 saturated heterocycles. The van der Waals surface area contributed by atoms with E-state index in [0.717, 1.165) is 22.1 Å². The van der Waals surface area contributed by atoms with Crippen LogP contribution in [0.1, 0.15) is 24.0 Å². The quantitative estimate of drug-likeness (QED) is 0.413. The van der Waals surface area contributed by atoms with Gasteiger partial charge in [0.1, 0.15) is 5.75 Å². The van der Waals surface area contributed by atoms with Gasteiger partial charge in [-0.05, 0) is 47.0 Å². The zero-order valence-corrected chi connectivity index (χ0v) is 17.1. The summed E-state index contributed by atoms with van der Waals surface area (Å²) in [6.45, 7) is 2.03. The van der Waals surface area contributed by atoms with Crippen molar-refractivity contribution in [1.82, 2.24) is 4.90 Å². The maximum absolute atomic E-state index is 12.9. The lowest BCUT2D eigenvalue weighted by molar-refractivity contribution is -0.384. The van der Waals surface area contributed by atoms with Crippen molar-refractivity contribution in [2.75, 3.05) is 14.2 Å². The second-order valence-corrected chi connectivity index (χ2v) is 7.33. The van der Waals surface area contributed by atoms with Gasteiger partial charge in [-0.1, -0.05) is 35.9 Å². The van der Waals surface area contributed by atoms with E-state index in [-0.39, 0.29) is 24.1 Å². The molecule has 0 radical (unpaired) electrons. The minimum Gasteiger partial charge on any atom is -0.497 e. The van der Waals surface area contributed by atoms with Crippen LogP contribution in [-0.2, 0) is 11.3 Å². The van der Waals surface area contributed by atoms with Crippen LogP contribution >= 0.6 is 11.6 Å². The molecule has 1 atom stereocenters. The first-order valence-corrected chi connectivity index (χ1v) is 9.43. The minimum absolute atomic E-state index is 0.0525. The average molecular weight is 413 g/mol. The number of hydrogen-bond donors (Lipinski definition) is 0. The maximum atomic E-state index is 12.9. The number of ether oxygens (including phenoxy) is 1. The van der Waals surface area contributed by atoms with Gasteiger partial charge in [0.2, 0.25) is 5.91 Å². The number of amides is 1. The van der Waals surface area contributed by atoms with Gasteiger partial charge >= 0.3 is 0 Å². The molecule has 6 nitrogen and oxygen atoms in total. The molecule has 3 aromatic carbocycles. The number of likely N-dealkylation sites (N-methyl/N-ethyl adjacent to an activating group) is 1. The maximum Gasteiger partial charge on any atom is 0.269 e. The summed E-state index contributed by atoms with van der Waals surface area (Å²) in [5, 5.41) is 13.4. The monoisotopic (exact) mass is 412 g/mol. The van der Waals surface area contributed by atoms with E-state index in [0.29, 0.717) is 10.6 Å². The first-order valence-electron chi connectivity index (χ1n) is 9.05. The number of halogens is 1. The Bertz CT molecular complexity index is 1080. The molecule has 3 rings (SSSR count). The zero-order valence-electron chi connectivity index (χ0n) is 16.4. The highest BCUT2D eigenvalue weighted by Gasteiger charge is 2.21. The standard InChI is InChI=1S/C22H21ClN2O4/c1-14(15-4-5-17-12-20(29-3)8-6-16(17)10-15)22(26)24(2)13-18-11-19(25(27)28)7-9-21(18)23/h4-12,14H,13H2,1-3H3. The third-order valence-corrected chi connectivity index (χ3v) is 5.33. The van der Waals surface area contributed by atoms with Crippen molar-refractivity contribution >= 4 is 34.0 Å². The smallest absolute Gasteiger partial charge is 0.269 e. The van der Waals surface area contributed by atoms with E-state index in [1.807, 2.05) is 43.3 Å². The van der Waals surface area contributed by atoms with Crippen LogP contribution in [0.25, 0.3) is 10.8 Å². The van der Waals surface area contributed by atoms with Crippen molar-refractivity contribution in [3.8, 4) is 5.75 Å². The second kappa shape index (κ2) is 8.49. The summed E-state index contributed by atoms with van der Waals surface area (Å²) < 4.78 is 5.25. The number of nitrogens with zero attached hydrogens (tertiary/aromatic N) is 2. The lowest BCUT2D eigenvalue weighted by atomic mass is 9.96.